The van der Waals surface area contributed by atoms with Crippen LogP contribution in [-0.2, 0) is 9.59 Å². The zero-order valence-corrected chi connectivity index (χ0v) is 15.4. The normalized spacial score (nSPS) is 19.2. The van der Waals surface area contributed by atoms with E-state index in [9.17, 15) is 9.59 Å². The quantitative estimate of drug-likeness (QED) is 0.800. The number of carbonyl (C=O) groups excluding carboxylic acids is 2. The molecule has 136 valence electrons. The number of anilines is 1. The third-order valence-electron chi connectivity index (χ3n) is 5.13. The number of aryl methyl sites for hydroxylation is 2. The van der Waals surface area contributed by atoms with E-state index in [-0.39, 0.29) is 17.7 Å². The van der Waals surface area contributed by atoms with Gasteiger partial charge in [-0.05, 0) is 32.8 Å². The highest BCUT2D eigenvalue weighted by molar-refractivity contribution is 5.80. The SMILES string of the molecule is CC(=O)N1CCN(C(=O)C2CCN(c3nc(C)cc(C)n3)CC2)CC1. The van der Waals surface area contributed by atoms with Crippen LogP contribution in [0.1, 0.15) is 31.2 Å². The zero-order valence-electron chi connectivity index (χ0n) is 15.4. The van der Waals surface area contributed by atoms with Crippen molar-refractivity contribution in [2.45, 2.75) is 33.6 Å². The Morgan fingerprint density at radius 1 is 0.920 bits per heavy atom. The van der Waals surface area contributed by atoms with E-state index in [0.29, 0.717) is 26.2 Å². The topological polar surface area (TPSA) is 69.6 Å². The molecule has 1 aromatic rings. The van der Waals surface area contributed by atoms with Crippen molar-refractivity contribution in [3.05, 3.63) is 17.5 Å². The maximum Gasteiger partial charge on any atom is 0.225 e. The highest BCUT2D eigenvalue weighted by Crippen LogP contribution is 2.23. The van der Waals surface area contributed by atoms with Crippen LogP contribution in [0.2, 0.25) is 0 Å². The maximum absolute atomic E-state index is 12.8. The third kappa shape index (κ3) is 4.08. The number of aromatic nitrogens is 2. The number of piperazine rings is 1. The molecular weight excluding hydrogens is 318 g/mol. The number of nitrogens with zero attached hydrogens (tertiary/aromatic N) is 5. The van der Waals surface area contributed by atoms with Crippen molar-refractivity contribution in [1.82, 2.24) is 19.8 Å². The summed E-state index contributed by atoms with van der Waals surface area (Å²) in [4.78, 5) is 39.1. The molecule has 25 heavy (non-hydrogen) atoms. The molecule has 3 rings (SSSR count). The molecule has 0 aromatic carbocycles. The highest BCUT2D eigenvalue weighted by atomic mass is 16.2. The van der Waals surface area contributed by atoms with Crippen LogP contribution < -0.4 is 4.90 Å². The van der Waals surface area contributed by atoms with E-state index in [0.717, 1.165) is 43.3 Å². The summed E-state index contributed by atoms with van der Waals surface area (Å²) in [6.07, 6.45) is 1.67. The fourth-order valence-corrected chi connectivity index (χ4v) is 3.68. The van der Waals surface area contributed by atoms with E-state index in [1.165, 1.54) is 0 Å². The van der Waals surface area contributed by atoms with E-state index in [2.05, 4.69) is 14.9 Å². The smallest absolute Gasteiger partial charge is 0.225 e. The van der Waals surface area contributed by atoms with Gasteiger partial charge in [0.15, 0.2) is 0 Å². The molecule has 0 radical (unpaired) electrons. The van der Waals surface area contributed by atoms with E-state index < -0.39 is 0 Å². The molecule has 3 heterocycles. The fourth-order valence-electron chi connectivity index (χ4n) is 3.68. The molecule has 7 heteroatoms. The van der Waals surface area contributed by atoms with Crippen molar-refractivity contribution in [2.24, 2.45) is 5.92 Å². The van der Waals surface area contributed by atoms with Crippen molar-refractivity contribution in [3.8, 4) is 0 Å². The van der Waals surface area contributed by atoms with E-state index >= 15 is 0 Å². The Kier molecular flexibility index (Phi) is 5.20. The first-order valence-electron chi connectivity index (χ1n) is 9.05. The summed E-state index contributed by atoms with van der Waals surface area (Å²) in [5, 5.41) is 0. The second kappa shape index (κ2) is 7.37. The minimum atomic E-state index is 0.0750. The molecule has 2 fully saturated rings. The van der Waals surface area contributed by atoms with Crippen molar-refractivity contribution in [2.75, 3.05) is 44.2 Å². The highest BCUT2D eigenvalue weighted by Gasteiger charge is 2.31. The predicted octanol–water partition coefficient (Wildman–Crippen LogP) is 1.00. The third-order valence-corrected chi connectivity index (χ3v) is 5.13. The van der Waals surface area contributed by atoms with E-state index in [4.69, 9.17) is 0 Å². The van der Waals surface area contributed by atoms with Gasteiger partial charge in [-0.2, -0.15) is 0 Å². The molecule has 2 aliphatic rings. The first kappa shape index (κ1) is 17.6. The van der Waals surface area contributed by atoms with Crippen LogP contribution in [0, 0.1) is 19.8 Å². The lowest BCUT2D eigenvalue weighted by Gasteiger charge is -2.38. The molecule has 0 aliphatic carbocycles. The lowest BCUT2D eigenvalue weighted by Crippen LogP contribution is -2.52. The molecule has 2 amide bonds. The van der Waals surface area contributed by atoms with Crippen LogP contribution in [0.4, 0.5) is 5.95 Å². The Hall–Kier alpha value is -2.18. The maximum atomic E-state index is 12.8. The van der Waals surface area contributed by atoms with Gasteiger partial charge in [0, 0.05) is 63.5 Å². The standard InChI is InChI=1S/C18H27N5O2/c1-13-12-14(2)20-18(19-13)23-6-4-16(5-7-23)17(25)22-10-8-21(9-11-22)15(3)24/h12,16H,4-11H2,1-3H3. The van der Waals surface area contributed by atoms with Crippen LogP contribution in [0.5, 0.6) is 0 Å². The van der Waals surface area contributed by atoms with Gasteiger partial charge in [-0.15, -0.1) is 0 Å². The molecule has 2 aliphatic heterocycles. The number of carbonyl (C=O) groups is 2. The molecule has 0 saturated carbocycles. The summed E-state index contributed by atoms with van der Waals surface area (Å²) in [5.74, 6) is 1.18. The summed E-state index contributed by atoms with van der Waals surface area (Å²) in [6.45, 7) is 9.77. The number of piperidine rings is 1. The minimum Gasteiger partial charge on any atom is -0.341 e. The van der Waals surface area contributed by atoms with Crippen LogP contribution in [-0.4, -0.2) is 70.9 Å². The van der Waals surface area contributed by atoms with Gasteiger partial charge in [0.05, 0.1) is 0 Å². The molecule has 0 spiro atoms. The van der Waals surface area contributed by atoms with Gasteiger partial charge in [-0.3, -0.25) is 9.59 Å². The Balaban J connectivity index is 1.53. The molecule has 1 aromatic heterocycles. The Morgan fingerprint density at radius 3 is 1.96 bits per heavy atom. The second-order valence-corrected chi connectivity index (χ2v) is 7.04. The summed E-state index contributed by atoms with van der Waals surface area (Å²) in [6, 6.07) is 1.97. The summed E-state index contributed by atoms with van der Waals surface area (Å²) >= 11 is 0. The number of hydrogen-bond donors (Lipinski definition) is 0. The number of amides is 2. The second-order valence-electron chi connectivity index (χ2n) is 7.04. The van der Waals surface area contributed by atoms with Gasteiger partial charge in [0.25, 0.3) is 0 Å². The molecule has 0 bridgehead atoms. The van der Waals surface area contributed by atoms with E-state index in [1.807, 2.05) is 29.7 Å². The molecule has 0 N–H and O–H groups in total. The van der Waals surface area contributed by atoms with Gasteiger partial charge in [0.1, 0.15) is 0 Å². The zero-order chi connectivity index (χ0) is 18.0. The largest absolute Gasteiger partial charge is 0.341 e. The van der Waals surface area contributed by atoms with Crippen LogP contribution >= 0.6 is 0 Å². The Labute approximate surface area is 149 Å². The average Bonchev–Trinajstić information content (AvgIpc) is 2.60. The first-order chi connectivity index (χ1) is 11.9. The fraction of sp³-hybridized carbons (Fsp3) is 0.667. The van der Waals surface area contributed by atoms with Crippen LogP contribution in [0.3, 0.4) is 0 Å². The summed E-state index contributed by atoms with van der Waals surface area (Å²) < 4.78 is 0. The van der Waals surface area contributed by atoms with Gasteiger partial charge < -0.3 is 14.7 Å². The average molecular weight is 345 g/mol. The van der Waals surface area contributed by atoms with Gasteiger partial charge >= 0.3 is 0 Å². The van der Waals surface area contributed by atoms with Crippen molar-refractivity contribution in [3.63, 3.8) is 0 Å². The molecule has 0 atom stereocenters. The van der Waals surface area contributed by atoms with Crippen LogP contribution in [0.25, 0.3) is 0 Å². The lowest BCUT2D eigenvalue weighted by atomic mass is 9.95. The summed E-state index contributed by atoms with van der Waals surface area (Å²) in [7, 11) is 0. The number of rotatable bonds is 2. The molecular formula is C18H27N5O2. The van der Waals surface area contributed by atoms with Crippen molar-refractivity contribution < 1.29 is 9.59 Å². The monoisotopic (exact) mass is 345 g/mol. The molecule has 7 nitrogen and oxygen atoms in total. The Morgan fingerprint density at radius 2 is 1.44 bits per heavy atom. The van der Waals surface area contributed by atoms with Gasteiger partial charge in [0.2, 0.25) is 17.8 Å². The summed E-state index contributed by atoms with van der Waals surface area (Å²) in [5.41, 5.74) is 1.95. The van der Waals surface area contributed by atoms with Gasteiger partial charge in [-0.1, -0.05) is 0 Å². The molecule has 2 saturated heterocycles. The van der Waals surface area contributed by atoms with Crippen molar-refractivity contribution >= 4 is 17.8 Å². The van der Waals surface area contributed by atoms with Crippen molar-refractivity contribution in [1.29, 1.82) is 0 Å². The van der Waals surface area contributed by atoms with Crippen LogP contribution in [0.15, 0.2) is 6.07 Å². The number of hydrogen-bond acceptors (Lipinski definition) is 5. The van der Waals surface area contributed by atoms with E-state index in [1.54, 1.807) is 6.92 Å². The Bertz CT molecular complexity index is 627. The first-order valence-corrected chi connectivity index (χ1v) is 9.05. The molecule has 0 unspecified atom stereocenters. The predicted molar refractivity (Wildman–Crippen MR) is 95.3 cm³/mol. The lowest BCUT2D eigenvalue weighted by molar-refractivity contribution is -0.141. The van der Waals surface area contributed by atoms with Gasteiger partial charge in [-0.25, -0.2) is 9.97 Å². The minimum absolute atomic E-state index is 0.0750.